The Morgan fingerprint density at radius 1 is 1.15 bits per heavy atom. The monoisotopic (exact) mass is 449 g/mol. The Morgan fingerprint density at radius 3 is 2.52 bits per heavy atom. The summed E-state index contributed by atoms with van der Waals surface area (Å²) in [6, 6.07) is 4.40. The fraction of sp³-hybridized carbons (Fsp3) is 0.357. The molecule has 0 saturated carbocycles. The average Bonchev–Trinajstić information content (AvgIpc) is 2.68. The molecule has 5 nitrogen and oxygen atoms in total. The van der Waals surface area contributed by atoms with Gasteiger partial charge in [0.05, 0.1) is 12.1 Å². The number of hydrogen-bond acceptors (Lipinski definition) is 3. The predicted molar refractivity (Wildman–Crippen MR) is 134 cm³/mol. The number of hydrogen-bond donors (Lipinski definition) is 3. The van der Waals surface area contributed by atoms with Crippen LogP contribution in [-0.2, 0) is 16.0 Å². The Morgan fingerprint density at radius 2 is 1.88 bits per heavy atom. The van der Waals surface area contributed by atoms with Crippen LogP contribution in [0.15, 0.2) is 76.9 Å². The van der Waals surface area contributed by atoms with Crippen molar-refractivity contribution in [1.29, 1.82) is 0 Å². The zero-order valence-electron chi connectivity index (χ0n) is 20.2. The minimum Gasteiger partial charge on any atom is -0.506 e. The number of carboxylic acid groups (broad SMARTS) is 1. The molecule has 0 atom stereocenters. The lowest BCUT2D eigenvalue weighted by Gasteiger charge is -2.32. The second-order valence-electron chi connectivity index (χ2n) is 9.33. The van der Waals surface area contributed by atoms with Crippen LogP contribution in [0.5, 0.6) is 5.75 Å². The molecular formula is C28H35NO4. The van der Waals surface area contributed by atoms with Gasteiger partial charge in [0.15, 0.2) is 0 Å². The van der Waals surface area contributed by atoms with Gasteiger partial charge >= 0.3 is 5.97 Å². The summed E-state index contributed by atoms with van der Waals surface area (Å²) >= 11 is 0. The fourth-order valence-electron chi connectivity index (χ4n) is 4.02. The summed E-state index contributed by atoms with van der Waals surface area (Å²) in [5.41, 5.74) is 5.69. The van der Waals surface area contributed by atoms with Crippen LogP contribution < -0.4 is 5.32 Å². The van der Waals surface area contributed by atoms with Crippen LogP contribution in [0.1, 0.15) is 59.4 Å². The van der Waals surface area contributed by atoms with E-state index < -0.39 is 5.97 Å². The van der Waals surface area contributed by atoms with Gasteiger partial charge in [-0.1, -0.05) is 61.4 Å². The number of carboxylic acids is 1. The van der Waals surface area contributed by atoms with Crippen molar-refractivity contribution < 1.29 is 19.8 Å². The Hall–Kier alpha value is -3.34. The van der Waals surface area contributed by atoms with E-state index in [1.165, 1.54) is 48.6 Å². The van der Waals surface area contributed by atoms with Gasteiger partial charge in [0.1, 0.15) is 5.75 Å². The molecule has 5 heteroatoms. The van der Waals surface area contributed by atoms with Crippen molar-refractivity contribution in [2.24, 2.45) is 5.41 Å². The molecule has 0 bridgehead atoms. The molecule has 0 unspecified atom stereocenters. The minimum atomic E-state index is -0.985. The number of rotatable bonds is 8. The zero-order valence-corrected chi connectivity index (χ0v) is 20.2. The standard InChI is InChI=1S/C28H35NO4/c1-19(11-13-23-21(3)10-7-15-28(23,4)5)8-6-9-20(2)16-26(31)29-24-14-12-22(17-25(24)30)18-27(32)33/h6,8-9,11-14,16-17,30H,7,10,15,18H2,1-5H3,(H,29,31)(H,32,33). The molecule has 0 radical (unpaired) electrons. The summed E-state index contributed by atoms with van der Waals surface area (Å²) in [7, 11) is 0. The molecule has 0 fully saturated rings. The van der Waals surface area contributed by atoms with Crippen molar-refractivity contribution in [3.05, 3.63) is 82.5 Å². The molecule has 1 amide bonds. The maximum atomic E-state index is 12.2. The number of carbonyl (C=O) groups is 2. The van der Waals surface area contributed by atoms with E-state index in [1.54, 1.807) is 6.07 Å². The molecule has 176 valence electrons. The van der Waals surface area contributed by atoms with Gasteiger partial charge < -0.3 is 15.5 Å². The van der Waals surface area contributed by atoms with Crippen LogP contribution in [0.25, 0.3) is 0 Å². The Balaban J connectivity index is 1.98. The predicted octanol–water partition coefficient (Wildman–Crippen LogP) is 6.49. The van der Waals surface area contributed by atoms with Crippen LogP contribution in [0.2, 0.25) is 0 Å². The van der Waals surface area contributed by atoms with Gasteiger partial charge in [0.25, 0.3) is 0 Å². The van der Waals surface area contributed by atoms with Gasteiger partial charge in [0.2, 0.25) is 5.91 Å². The largest absolute Gasteiger partial charge is 0.506 e. The highest BCUT2D eigenvalue weighted by atomic mass is 16.4. The molecule has 0 aliphatic heterocycles. The summed E-state index contributed by atoms with van der Waals surface area (Å²) in [6.07, 6.45) is 15.0. The Bertz CT molecular complexity index is 1050. The van der Waals surface area contributed by atoms with E-state index in [-0.39, 0.29) is 29.2 Å². The highest BCUT2D eigenvalue weighted by molar-refractivity contribution is 6.00. The van der Waals surface area contributed by atoms with E-state index in [0.29, 0.717) is 5.56 Å². The van der Waals surface area contributed by atoms with Gasteiger partial charge in [-0.2, -0.15) is 0 Å². The highest BCUT2D eigenvalue weighted by Gasteiger charge is 2.26. The number of phenolic OH excluding ortho intramolecular Hbond substituents is 1. The molecular weight excluding hydrogens is 414 g/mol. The normalized spacial score (nSPS) is 17.1. The number of aromatic hydroxyl groups is 1. The molecule has 0 spiro atoms. The van der Waals surface area contributed by atoms with E-state index in [4.69, 9.17) is 5.11 Å². The first-order chi connectivity index (χ1) is 15.5. The van der Waals surface area contributed by atoms with Gasteiger partial charge in [0, 0.05) is 6.08 Å². The van der Waals surface area contributed by atoms with Crippen LogP contribution in [0.4, 0.5) is 5.69 Å². The number of benzene rings is 1. The smallest absolute Gasteiger partial charge is 0.307 e. The number of phenols is 1. The maximum absolute atomic E-state index is 12.2. The van der Waals surface area contributed by atoms with Crippen LogP contribution in [-0.4, -0.2) is 22.1 Å². The van der Waals surface area contributed by atoms with Crippen LogP contribution in [0, 0.1) is 5.41 Å². The third-order valence-corrected chi connectivity index (χ3v) is 5.81. The topological polar surface area (TPSA) is 86.6 Å². The SMILES string of the molecule is CC(C=CC1=C(C)CCCC1(C)C)=CC=CC(C)=CC(=O)Nc1ccc(CC(=O)O)cc1O. The van der Waals surface area contributed by atoms with Gasteiger partial charge in [-0.25, -0.2) is 0 Å². The molecule has 1 aliphatic carbocycles. The molecule has 0 aromatic heterocycles. The molecule has 33 heavy (non-hydrogen) atoms. The summed E-state index contributed by atoms with van der Waals surface area (Å²) in [5, 5.41) is 21.5. The lowest BCUT2D eigenvalue weighted by molar-refractivity contribution is -0.136. The fourth-order valence-corrected chi connectivity index (χ4v) is 4.02. The number of allylic oxidation sites excluding steroid dienone is 9. The molecule has 1 aliphatic rings. The Labute approximate surface area is 196 Å². The van der Waals surface area contributed by atoms with E-state index in [0.717, 1.165) is 11.1 Å². The summed E-state index contributed by atoms with van der Waals surface area (Å²) in [6.45, 7) is 10.7. The third kappa shape index (κ3) is 8.26. The quantitative estimate of drug-likeness (QED) is 0.240. The van der Waals surface area contributed by atoms with E-state index in [9.17, 15) is 14.7 Å². The molecule has 3 N–H and O–H groups in total. The van der Waals surface area contributed by atoms with E-state index in [2.05, 4.69) is 45.2 Å². The molecule has 0 heterocycles. The number of anilines is 1. The first kappa shape index (κ1) is 25.9. The van der Waals surface area contributed by atoms with Crippen molar-refractivity contribution in [2.45, 2.75) is 60.3 Å². The minimum absolute atomic E-state index is 0.166. The summed E-state index contributed by atoms with van der Waals surface area (Å²) in [5.74, 6) is -1.53. The highest BCUT2D eigenvalue weighted by Crippen LogP contribution is 2.40. The third-order valence-electron chi connectivity index (χ3n) is 5.81. The molecule has 2 rings (SSSR count). The van der Waals surface area contributed by atoms with Crippen LogP contribution >= 0.6 is 0 Å². The second-order valence-corrected chi connectivity index (χ2v) is 9.33. The van der Waals surface area contributed by atoms with Crippen molar-refractivity contribution in [3.8, 4) is 5.75 Å². The first-order valence-corrected chi connectivity index (χ1v) is 11.2. The average molecular weight is 450 g/mol. The molecule has 0 saturated heterocycles. The second kappa shape index (κ2) is 11.5. The van der Waals surface area contributed by atoms with Gasteiger partial charge in [-0.15, -0.1) is 0 Å². The number of carbonyl (C=O) groups excluding carboxylic acids is 1. The van der Waals surface area contributed by atoms with Crippen molar-refractivity contribution in [1.82, 2.24) is 0 Å². The molecule has 1 aromatic carbocycles. The van der Waals surface area contributed by atoms with Crippen molar-refractivity contribution in [3.63, 3.8) is 0 Å². The van der Waals surface area contributed by atoms with Crippen molar-refractivity contribution >= 4 is 17.6 Å². The van der Waals surface area contributed by atoms with E-state index >= 15 is 0 Å². The van der Waals surface area contributed by atoms with E-state index in [1.807, 2.05) is 25.2 Å². The summed E-state index contributed by atoms with van der Waals surface area (Å²) in [4.78, 5) is 23.0. The first-order valence-electron chi connectivity index (χ1n) is 11.2. The van der Waals surface area contributed by atoms with Crippen molar-refractivity contribution in [2.75, 3.05) is 5.32 Å². The number of nitrogens with one attached hydrogen (secondary N) is 1. The zero-order chi connectivity index (χ0) is 24.6. The maximum Gasteiger partial charge on any atom is 0.307 e. The Kier molecular flexibility index (Phi) is 9.03. The number of amides is 1. The van der Waals surface area contributed by atoms with Gasteiger partial charge in [-0.3, -0.25) is 9.59 Å². The van der Waals surface area contributed by atoms with Gasteiger partial charge in [-0.05, 0) is 74.3 Å². The number of aliphatic carboxylic acids is 1. The summed E-state index contributed by atoms with van der Waals surface area (Å²) < 4.78 is 0. The lowest BCUT2D eigenvalue weighted by Crippen LogP contribution is -2.19. The molecule has 1 aromatic rings. The lowest BCUT2D eigenvalue weighted by atomic mass is 9.72. The van der Waals surface area contributed by atoms with Crippen LogP contribution in [0.3, 0.4) is 0 Å².